The second-order valence-corrected chi connectivity index (χ2v) is 8.41. The second-order valence-electron chi connectivity index (χ2n) is 8.41. The molecule has 2 aromatic rings. The quantitative estimate of drug-likeness (QED) is 0.866. The highest BCUT2D eigenvalue weighted by Gasteiger charge is 2.56. The van der Waals surface area contributed by atoms with E-state index in [9.17, 15) is 14.9 Å². The van der Waals surface area contributed by atoms with Crippen molar-refractivity contribution in [2.45, 2.75) is 57.9 Å². The van der Waals surface area contributed by atoms with E-state index in [0.29, 0.717) is 24.3 Å². The van der Waals surface area contributed by atoms with Crippen molar-refractivity contribution in [2.24, 2.45) is 5.92 Å². The number of carbonyl (C=O) groups is 1. The van der Waals surface area contributed by atoms with Gasteiger partial charge in [-0.1, -0.05) is 43.2 Å². The van der Waals surface area contributed by atoms with E-state index in [1.807, 2.05) is 19.1 Å². The largest absolute Gasteiger partial charge is 0.332 e. The van der Waals surface area contributed by atoms with Crippen LogP contribution in [0.1, 0.15) is 60.1 Å². The van der Waals surface area contributed by atoms with E-state index in [0.717, 1.165) is 30.6 Å². The summed E-state index contributed by atoms with van der Waals surface area (Å²) < 4.78 is 0. The van der Waals surface area contributed by atoms with Crippen molar-refractivity contribution in [2.75, 3.05) is 6.54 Å². The van der Waals surface area contributed by atoms with Crippen molar-refractivity contribution < 1.29 is 4.79 Å². The fraction of sp³-hybridized carbons (Fsp3) is 0.458. The van der Waals surface area contributed by atoms with E-state index in [2.05, 4.69) is 34.1 Å². The maximum Gasteiger partial charge on any atom is 0.266 e. The highest BCUT2D eigenvalue weighted by molar-refractivity contribution is 5.79. The molecule has 4 rings (SSSR count). The van der Waals surface area contributed by atoms with Crippen LogP contribution in [0, 0.1) is 31.1 Å². The second kappa shape index (κ2) is 7.51. The lowest BCUT2D eigenvalue weighted by molar-refractivity contribution is -0.166. The van der Waals surface area contributed by atoms with Gasteiger partial charge in [-0.05, 0) is 49.8 Å². The van der Waals surface area contributed by atoms with E-state index >= 15 is 0 Å². The van der Waals surface area contributed by atoms with Crippen LogP contribution in [0.4, 0.5) is 0 Å². The fourth-order valence-corrected chi connectivity index (χ4v) is 5.47. The summed E-state index contributed by atoms with van der Waals surface area (Å²) >= 11 is 0. The van der Waals surface area contributed by atoms with Gasteiger partial charge >= 0.3 is 0 Å². The number of carbonyl (C=O) groups excluding carboxylic acids is 1. The maximum atomic E-state index is 13.3. The number of nitrogens with one attached hydrogen (secondary N) is 1. The lowest BCUT2D eigenvalue weighted by Crippen LogP contribution is -2.67. The summed E-state index contributed by atoms with van der Waals surface area (Å²) in [6.45, 7) is 4.47. The van der Waals surface area contributed by atoms with Gasteiger partial charge in [-0.15, -0.1) is 0 Å². The zero-order valence-electron chi connectivity index (χ0n) is 17.1. The molecule has 1 N–H and O–H groups in total. The van der Waals surface area contributed by atoms with Crippen molar-refractivity contribution in [3.05, 3.63) is 68.6 Å². The molecule has 2 fully saturated rings. The lowest BCUT2D eigenvalue weighted by atomic mass is 9.61. The molecule has 2 heterocycles. The van der Waals surface area contributed by atoms with Gasteiger partial charge in [-0.3, -0.25) is 9.59 Å². The molecular weight excluding hydrogens is 362 g/mol. The van der Waals surface area contributed by atoms with Crippen LogP contribution in [0.2, 0.25) is 0 Å². The molecule has 1 aromatic carbocycles. The van der Waals surface area contributed by atoms with Gasteiger partial charge in [0, 0.05) is 24.6 Å². The highest BCUT2D eigenvalue weighted by atomic mass is 16.2. The molecule has 2 aliphatic rings. The number of nitriles is 1. The van der Waals surface area contributed by atoms with Gasteiger partial charge in [-0.25, -0.2) is 0 Å². The molecule has 0 spiro atoms. The summed E-state index contributed by atoms with van der Waals surface area (Å²) in [5.41, 5.74) is 3.25. The predicted octanol–water partition coefficient (Wildman–Crippen LogP) is 3.72. The molecule has 1 aliphatic heterocycles. The smallest absolute Gasteiger partial charge is 0.266 e. The van der Waals surface area contributed by atoms with Crippen molar-refractivity contribution >= 4 is 5.91 Å². The van der Waals surface area contributed by atoms with Crippen LogP contribution in [0.3, 0.4) is 0 Å². The molecular formula is C24H27N3O2. The molecule has 1 saturated heterocycles. The van der Waals surface area contributed by atoms with E-state index < -0.39 is 0 Å². The Morgan fingerprint density at radius 2 is 2.03 bits per heavy atom. The third-order valence-corrected chi connectivity index (χ3v) is 7.00. The Balaban J connectivity index is 1.57. The van der Waals surface area contributed by atoms with Crippen LogP contribution >= 0.6 is 0 Å². The van der Waals surface area contributed by atoms with E-state index in [1.165, 1.54) is 18.4 Å². The van der Waals surface area contributed by atoms with Crippen LogP contribution in [-0.2, 0) is 16.8 Å². The van der Waals surface area contributed by atoms with E-state index in [1.54, 1.807) is 6.92 Å². The summed E-state index contributed by atoms with van der Waals surface area (Å²) in [7, 11) is 0. The average Bonchev–Trinajstić information content (AvgIpc) is 2.69. The Hall–Kier alpha value is -2.87. The Bertz CT molecular complexity index is 1030. The Kier molecular flexibility index (Phi) is 5.04. The maximum absolute atomic E-state index is 13.3. The van der Waals surface area contributed by atoms with Crippen molar-refractivity contribution in [3.63, 3.8) is 0 Å². The first-order valence-electron chi connectivity index (χ1n) is 10.5. The fourth-order valence-electron chi connectivity index (χ4n) is 5.47. The first-order valence-corrected chi connectivity index (χ1v) is 10.5. The third kappa shape index (κ3) is 3.07. The number of H-pyrrole nitrogens is 1. The van der Waals surface area contributed by atoms with Gasteiger partial charge in [-0.2, -0.15) is 5.26 Å². The number of rotatable bonds is 4. The standard InChI is InChI=1S/C24H27N3O2/c1-16-20(17(2)26-23(29)21(16)14-25)11-12-22(28)27-15-19-10-6-7-13-24(19,27)18-8-4-3-5-9-18/h3-5,8-9,19H,6-7,10-13,15H2,1-2H3,(H,26,29)/t19-,24+/m1/s1. The van der Waals surface area contributed by atoms with Gasteiger partial charge in [0.05, 0.1) is 5.54 Å². The number of hydrogen-bond donors (Lipinski definition) is 1. The van der Waals surface area contributed by atoms with Crippen molar-refractivity contribution in [1.29, 1.82) is 5.26 Å². The molecule has 1 saturated carbocycles. The monoisotopic (exact) mass is 389 g/mol. The van der Waals surface area contributed by atoms with Crippen LogP contribution in [-0.4, -0.2) is 22.3 Å². The first kappa shape index (κ1) is 19.4. The van der Waals surface area contributed by atoms with Gasteiger partial charge in [0.2, 0.25) is 5.91 Å². The minimum Gasteiger partial charge on any atom is -0.332 e. The lowest BCUT2D eigenvalue weighted by Gasteiger charge is -2.61. The number of aryl methyl sites for hydroxylation is 1. The van der Waals surface area contributed by atoms with Crippen molar-refractivity contribution in [1.82, 2.24) is 9.88 Å². The number of aromatic nitrogens is 1. The molecule has 5 heteroatoms. The zero-order valence-corrected chi connectivity index (χ0v) is 17.1. The number of likely N-dealkylation sites (tertiary alicyclic amines) is 1. The Morgan fingerprint density at radius 3 is 2.72 bits per heavy atom. The molecule has 0 unspecified atom stereocenters. The van der Waals surface area contributed by atoms with Gasteiger partial charge < -0.3 is 9.88 Å². The molecule has 5 nitrogen and oxygen atoms in total. The molecule has 0 radical (unpaired) electrons. The van der Waals surface area contributed by atoms with E-state index in [-0.39, 0.29) is 22.6 Å². The molecule has 1 aliphatic carbocycles. The predicted molar refractivity (Wildman–Crippen MR) is 111 cm³/mol. The molecule has 150 valence electrons. The number of fused-ring (bicyclic) bond motifs is 1. The molecule has 2 atom stereocenters. The third-order valence-electron chi connectivity index (χ3n) is 7.00. The minimum absolute atomic E-state index is 0.148. The number of aromatic amines is 1. The zero-order chi connectivity index (χ0) is 20.6. The highest BCUT2D eigenvalue weighted by Crippen LogP contribution is 2.54. The van der Waals surface area contributed by atoms with Gasteiger partial charge in [0.25, 0.3) is 5.56 Å². The van der Waals surface area contributed by atoms with E-state index in [4.69, 9.17) is 0 Å². The number of nitrogens with zero attached hydrogens (tertiary/aromatic N) is 2. The first-order chi connectivity index (χ1) is 14.0. The van der Waals surface area contributed by atoms with Crippen LogP contribution in [0.15, 0.2) is 35.1 Å². The van der Waals surface area contributed by atoms with Crippen molar-refractivity contribution in [3.8, 4) is 6.07 Å². The summed E-state index contributed by atoms with van der Waals surface area (Å²) in [5.74, 6) is 0.708. The molecule has 1 aromatic heterocycles. The Labute approximate surface area is 171 Å². The molecule has 29 heavy (non-hydrogen) atoms. The molecule has 0 bridgehead atoms. The topological polar surface area (TPSA) is 77.0 Å². The number of amides is 1. The molecule has 1 amide bonds. The van der Waals surface area contributed by atoms with Crippen LogP contribution in [0.25, 0.3) is 0 Å². The summed E-state index contributed by atoms with van der Waals surface area (Å²) in [6.07, 6.45) is 5.53. The SMILES string of the molecule is Cc1[nH]c(=O)c(C#N)c(C)c1CCC(=O)N1C[C@H]2CCCC[C@]21c1ccccc1. The van der Waals surface area contributed by atoms with Gasteiger partial charge in [0.15, 0.2) is 0 Å². The summed E-state index contributed by atoms with van der Waals surface area (Å²) in [4.78, 5) is 30.1. The van der Waals surface area contributed by atoms with Crippen LogP contribution in [0.5, 0.6) is 0 Å². The number of hydrogen-bond acceptors (Lipinski definition) is 3. The number of pyridine rings is 1. The minimum atomic E-state index is -0.353. The van der Waals surface area contributed by atoms with Crippen LogP contribution < -0.4 is 5.56 Å². The Morgan fingerprint density at radius 1 is 1.28 bits per heavy atom. The summed E-state index contributed by atoms with van der Waals surface area (Å²) in [6, 6.07) is 12.5. The average molecular weight is 389 g/mol. The normalized spacial score (nSPS) is 23.1. The van der Waals surface area contributed by atoms with Gasteiger partial charge in [0.1, 0.15) is 11.6 Å². The number of benzene rings is 1. The summed E-state index contributed by atoms with van der Waals surface area (Å²) in [5, 5.41) is 9.27.